The van der Waals surface area contributed by atoms with Crippen molar-refractivity contribution in [2.24, 2.45) is 0 Å². The lowest BCUT2D eigenvalue weighted by Gasteiger charge is -2.11. The van der Waals surface area contributed by atoms with Gasteiger partial charge in [0.05, 0.1) is 6.61 Å². The van der Waals surface area contributed by atoms with Gasteiger partial charge < -0.3 is 10.1 Å². The largest absolute Gasteiger partial charge is 0.494 e. The maximum atomic E-state index is 12.0. The number of rotatable bonds is 4. The zero-order valence-electron chi connectivity index (χ0n) is 11.9. The first kappa shape index (κ1) is 16.3. The smallest absolute Gasteiger partial charge is 0.257 e. The lowest BCUT2D eigenvalue weighted by molar-refractivity contribution is 0.0978. The Morgan fingerprint density at radius 1 is 1.23 bits per heavy atom. The minimum absolute atomic E-state index is 0.216. The molecule has 0 aliphatic rings. The van der Waals surface area contributed by atoms with E-state index >= 15 is 0 Å². The van der Waals surface area contributed by atoms with Gasteiger partial charge in [-0.3, -0.25) is 10.1 Å². The molecule has 0 spiro atoms. The summed E-state index contributed by atoms with van der Waals surface area (Å²) >= 11 is 10.9. The van der Waals surface area contributed by atoms with Crippen molar-refractivity contribution in [1.82, 2.24) is 5.32 Å². The quantitative estimate of drug-likeness (QED) is 0.833. The molecule has 4 nitrogen and oxygen atoms in total. The van der Waals surface area contributed by atoms with E-state index in [1.165, 1.54) is 0 Å². The third-order valence-corrected chi connectivity index (χ3v) is 3.19. The number of nitrogens with one attached hydrogen (secondary N) is 2. The van der Waals surface area contributed by atoms with Gasteiger partial charge in [-0.25, -0.2) is 0 Å². The third kappa shape index (κ3) is 4.72. The second kappa shape index (κ2) is 7.77. The highest BCUT2D eigenvalue weighted by molar-refractivity contribution is 7.80. The summed E-state index contributed by atoms with van der Waals surface area (Å²) in [5.74, 6) is 0.439. The summed E-state index contributed by atoms with van der Waals surface area (Å²) in [4.78, 5) is 12.0. The maximum Gasteiger partial charge on any atom is 0.257 e. The molecule has 0 atom stereocenters. The molecule has 0 saturated carbocycles. The van der Waals surface area contributed by atoms with Gasteiger partial charge in [-0.2, -0.15) is 0 Å². The van der Waals surface area contributed by atoms with E-state index in [1.807, 2.05) is 31.2 Å². The van der Waals surface area contributed by atoms with Crippen LogP contribution in [0, 0.1) is 0 Å². The molecule has 0 unspecified atom stereocenters. The first-order chi connectivity index (χ1) is 10.6. The predicted molar refractivity (Wildman–Crippen MR) is 92.7 cm³/mol. The van der Waals surface area contributed by atoms with Crippen LogP contribution in [0.3, 0.4) is 0 Å². The average Bonchev–Trinajstić information content (AvgIpc) is 2.48. The molecule has 0 radical (unpaired) electrons. The topological polar surface area (TPSA) is 50.4 Å². The van der Waals surface area contributed by atoms with Crippen molar-refractivity contribution in [3.05, 3.63) is 59.1 Å². The van der Waals surface area contributed by atoms with Crippen molar-refractivity contribution >= 4 is 40.5 Å². The third-order valence-electron chi connectivity index (χ3n) is 2.74. The van der Waals surface area contributed by atoms with E-state index in [1.54, 1.807) is 24.3 Å². The van der Waals surface area contributed by atoms with Crippen molar-refractivity contribution in [3.8, 4) is 5.75 Å². The molecule has 0 saturated heterocycles. The van der Waals surface area contributed by atoms with Crippen molar-refractivity contribution in [2.45, 2.75) is 6.92 Å². The van der Waals surface area contributed by atoms with E-state index < -0.39 is 0 Å². The van der Waals surface area contributed by atoms with Gasteiger partial charge in [0.25, 0.3) is 5.91 Å². The average molecular weight is 335 g/mol. The zero-order valence-corrected chi connectivity index (χ0v) is 13.5. The second-order valence-corrected chi connectivity index (χ2v) is 5.22. The Labute approximate surface area is 139 Å². The van der Waals surface area contributed by atoms with E-state index in [9.17, 15) is 4.79 Å². The SMILES string of the molecule is CCOc1cccc(NC(=S)NC(=O)c2ccc(Cl)cc2)c1. The molecule has 0 aliphatic heterocycles. The number of anilines is 1. The van der Waals surface area contributed by atoms with Crippen LogP contribution in [0.4, 0.5) is 5.69 Å². The fraction of sp³-hybridized carbons (Fsp3) is 0.125. The Kier molecular flexibility index (Phi) is 5.75. The van der Waals surface area contributed by atoms with Crippen LogP contribution in [-0.4, -0.2) is 17.6 Å². The molecule has 1 amide bonds. The summed E-state index contributed by atoms with van der Waals surface area (Å²) in [6.45, 7) is 2.50. The Morgan fingerprint density at radius 2 is 1.95 bits per heavy atom. The Hall–Kier alpha value is -2.11. The monoisotopic (exact) mass is 334 g/mol. The van der Waals surface area contributed by atoms with E-state index in [4.69, 9.17) is 28.6 Å². The van der Waals surface area contributed by atoms with E-state index in [2.05, 4.69) is 10.6 Å². The molecular weight excluding hydrogens is 320 g/mol. The standard InChI is InChI=1S/C16H15ClN2O2S/c1-2-21-14-5-3-4-13(10-14)18-16(22)19-15(20)11-6-8-12(17)9-7-11/h3-10H,2H2,1H3,(H2,18,19,20,22). The first-order valence-electron chi connectivity index (χ1n) is 6.69. The van der Waals surface area contributed by atoms with Crippen molar-refractivity contribution < 1.29 is 9.53 Å². The maximum absolute atomic E-state index is 12.0. The van der Waals surface area contributed by atoms with Crippen molar-refractivity contribution in [3.63, 3.8) is 0 Å². The first-order valence-corrected chi connectivity index (χ1v) is 7.48. The van der Waals surface area contributed by atoms with Gasteiger partial charge in [0.2, 0.25) is 0 Å². The van der Waals surface area contributed by atoms with E-state index in [0.29, 0.717) is 17.2 Å². The zero-order chi connectivity index (χ0) is 15.9. The minimum atomic E-state index is -0.296. The number of carbonyl (C=O) groups is 1. The molecule has 0 aromatic heterocycles. The molecule has 22 heavy (non-hydrogen) atoms. The molecule has 0 fully saturated rings. The van der Waals surface area contributed by atoms with Crippen LogP contribution >= 0.6 is 23.8 Å². The highest BCUT2D eigenvalue weighted by Gasteiger charge is 2.08. The van der Waals surface area contributed by atoms with Crippen LogP contribution in [-0.2, 0) is 0 Å². The van der Waals surface area contributed by atoms with Crippen LogP contribution in [0.2, 0.25) is 5.02 Å². The van der Waals surface area contributed by atoms with Crippen molar-refractivity contribution in [2.75, 3.05) is 11.9 Å². The van der Waals surface area contributed by atoms with Gasteiger partial charge in [-0.1, -0.05) is 17.7 Å². The second-order valence-electron chi connectivity index (χ2n) is 4.38. The number of ether oxygens (including phenoxy) is 1. The van der Waals surface area contributed by atoms with Gasteiger partial charge >= 0.3 is 0 Å². The lowest BCUT2D eigenvalue weighted by atomic mass is 10.2. The highest BCUT2D eigenvalue weighted by Crippen LogP contribution is 2.17. The Bertz CT molecular complexity index is 674. The normalized spacial score (nSPS) is 9.91. The van der Waals surface area contributed by atoms with Gasteiger partial charge in [-0.05, 0) is 55.5 Å². The number of carbonyl (C=O) groups excluding carboxylic acids is 1. The lowest BCUT2D eigenvalue weighted by Crippen LogP contribution is -2.34. The molecule has 0 heterocycles. The fourth-order valence-corrected chi connectivity index (χ4v) is 2.11. The molecule has 2 rings (SSSR count). The summed E-state index contributed by atoms with van der Waals surface area (Å²) in [5.41, 5.74) is 1.23. The van der Waals surface area contributed by atoms with E-state index in [-0.39, 0.29) is 11.0 Å². The molecule has 2 N–H and O–H groups in total. The minimum Gasteiger partial charge on any atom is -0.494 e. The summed E-state index contributed by atoms with van der Waals surface area (Å²) in [6, 6.07) is 13.9. The molecule has 0 bridgehead atoms. The predicted octanol–water partition coefficient (Wildman–Crippen LogP) is 3.87. The van der Waals surface area contributed by atoms with Crippen molar-refractivity contribution in [1.29, 1.82) is 0 Å². The van der Waals surface area contributed by atoms with Crippen LogP contribution in [0.5, 0.6) is 5.75 Å². The molecule has 114 valence electrons. The molecule has 6 heteroatoms. The number of halogens is 1. The van der Waals surface area contributed by atoms with Crippen LogP contribution in [0.15, 0.2) is 48.5 Å². The van der Waals surface area contributed by atoms with Gasteiger partial charge in [-0.15, -0.1) is 0 Å². The Balaban J connectivity index is 1.96. The number of hydrogen-bond donors (Lipinski definition) is 2. The molecule has 2 aromatic carbocycles. The highest BCUT2D eigenvalue weighted by atomic mass is 35.5. The summed E-state index contributed by atoms with van der Waals surface area (Å²) in [6.07, 6.45) is 0. The molecule has 2 aromatic rings. The van der Waals surface area contributed by atoms with Crippen LogP contribution < -0.4 is 15.4 Å². The molecular formula is C16H15ClN2O2S. The number of thiocarbonyl (C=S) groups is 1. The van der Waals surface area contributed by atoms with Crippen LogP contribution in [0.25, 0.3) is 0 Å². The van der Waals surface area contributed by atoms with Crippen LogP contribution in [0.1, 0.15) is 17.3 Å². The number of hydrogen-bond acceptors (Lipinski definition) is 3. The van der Waals surface area contributed by atoms with Gasteiger partial charge in [0, 0.05) is 22.3 Å². The summed E-state index contributed by atoms with van der Waals surface area (Å²) in [7, 11) is 0. The number of benzene rings is 2. The Morgan fingerprint density at radius 3 is 2.64 bits per heavy atom. The number of amides is 1. The summed E-state index contributed by atoms with van der Waals surface area (Å²) in [5, 5.41) is 6.35. The van der Waals surface area contributed by atoms with Gasteiger partial charge in [0.1, 0.15) is 5.75 Å². The molecule has 0 aliphatic carbocycles. The fourth-order valence-electron chi connectivity index (χ4n) is 1.77. The summed E-state index contributed by atoms with van der Waals surface area (Å²) < 4.78 is 5.41. The van der Waals surface area contributed by atoms with E-state index in [0.717, 1.165) is 11.4 Å². The van der Waals surface area contributed by atoms with Gasteiger partial charge in [0.15, 0.2) is 5.11 Å².